The minimum absolute atomic E-state index is 0.0373. The summed E-state index contributed by atoms with van der Waals surface area (Å²) in [6.07, 6.45) is 1.18. The lowest BCUT2D eigenvalue weighted by atomic mass is 9.94. The number of anilines is 1. The first kappa shape index (κ1) is 22.2. The number of hydrogen-bond acceptors (Lipinski definition) is 7. The van der Waals surface area contributed by atoms with Gasteiger partial charge in [-0.15, -0.1) is 11.3 Å². The van der Waals surface area contributed by atoms with Crippen molar-refractivity contribution in [3.63, 3.8) is 0 Å². The molecule has 1 aromatic carbocycles. The van der Waals surface area contributed by atoms with Crippen LogP contribution in [0, 0.1) is 0 Å². The Hall–Kier alpha value is -2.98. The zero-order valence-corrected chi connectivity index (χ0v) is 18.8. The Morgan fingerprint density at radius 2 is 2.16 bits per heavy atom. The van der Waals surface area contributed by atoms with E-state index in [4.69, 9.17) is 9.47 Å². The molecule has 0 radical (unpaired) electrons. The van der Waals surface area contributed by atoms with Gasteiger partial charge in [0.1, 0.15) is 24.2 Å². The molecule has 1 aromatic heterocycles. The predicted molar refractivity (Wildman–Crippen MR) is 119 cm³/mol. The van der Waals surface area contributed by atoms with Gasteiger partial charge in [0.25, 0.3) is 11.8 Å². The zero-order valence-electron chi connectivity index (χ0n) is 18.0. The third-order valence-corrected chi connectivity index (χ3v) is 6.31. The van der Waals surface area contributed by atoms with Gasteiger partial charge in [0.2, 0.25) is 5.91 Å². The van der Waals surface area contributed by atoms with Gasteiger partial charge in [-0.3, -0.25) is 14.4 Å². The summed E-state index contributed by atoms with van der Waals surface area (Å²) in [7, 11) is 1.75. The van der Waals surface area contributed by atoms with Crippen LogP contribution >= 0.6 is 11.3 Å². The number of fused-ring (bicyclic) bond motifs is 2. The van der Waals surface area contributed by atoms with E-state index in [2.05, 4.69) is 15.6 Å². The number of likely N-dealkylation sites (N-methyl/N-ethyl adjacent to an activating group) is 1. The fourth-order valence-electron chi connectivity index (χ4n) is 4.10. The molecular formula is C22H26N4O5S. The van der Waals surface area contributed by atoms with Crippen LogP contribution in [-0.2, 0) is 9.53 Å². The molecule has 3 atom stereocenters. The van der Waals surface area contributed by atoms with Crippen LogP contribution in [0.4, 0.5) is 5.69 Å². The van der Waals surface area contributed by atoms with Gasteiger partial charge < -0.3 is 25.0 Å². The lowest BCUT2D eigenvalue weighted by Gasteiger charge is -2.42. The zero-order chi connectivity index (χ0) is 22.7. The molecule has 2 aliphatic heterocycles. The summed E-state index contributed by atoms with van der Waals surface area (Å²) in [4.78, 5) is 43.2. The topological polar surface area (TPSA) is 110 Å². The number of thiazole rings is 1. The largest absolute Gasteiger partial charge is 0.490 e. The maximum absolute atomic E-state index is 13.3. The van der Waals surface area contributed by atoms with E-state index in [1.54, 1.807) is 41.0 Å². The van der Waals surface area contributed by atoms with E-state index in [9.17, 15) is 14.4 Å². The predicted octanol–water partition coefficient (Wildman–Crippen LogP) is 2.30. The van der Waals surface area contributed by atoms with E-state index in [0.717, 1.165) is 6.42 Å². The van der Waals surface area contributed by atoms with Crippen molar-refractivity contribution in [3.8, 4) is 5.75 Å². The van der Waals surface area contributed by atoms with E-state index in [1.807, 2.05) is 6.92 Å². The molecule has 0 bridgehead atoms. The highest BCUT2D eigenvalue weighted by atomic mass is 32.1. The van der Waals surface area contributed by atoms with Gasteiger partial charge in [-0.2, -0.15) is 0 Å². The third-order valence-electron chi connectivity index (χ3n) is 5.72. The summed E-state index contributed by atoms with van der Waals surface area (Å²) < 4.78 is 12.1. The molecule has 2 N–H and O–H groups in total. The minimum atomic E-state index is -0.335. The highest BCUT2D eigenvalue weighted by molar-refractivity contribution is 7.07. The molecule has 1 saturated heterocycles. The first-order chi connectivity index (χ1) is 15.5. The fourth-order valence-corrected chi connectivity index (χ4v) is 4.63. The van der Waals surface area contributed by atoms with E-state index in [-0.39, 0.29) is 42.6 Å². The molecule has 0 spiro atoms. The summed E-state index contributed by atoms with van der Waals surface area (Å²) in [6.45, 7) is 2.73. The summed E-state index contributed by atoms with van der Waals surface area (Å²) in [6, 6.07) is 4.83. The molecule has 2 aliphatic rings. The molecule has 4 rings (SSSR count). The number of benzene rings is 1. The van der Waals surface area contributed by atoms with Gasteiger partial charge in [-0.05, 0) is 38.0 Å². The number of rotatable bonds is 5. The Balaban J connectivity index is 1.49. The Labute approximate surface area is 190 Å². The number of hydrogen-bond donors (Lipinski definition) is 2. The summed E-state index contributed by atoms with van der Waals surface area (Å²) >= 11 is 1.34. The molecule has 1 fully saturated rings. The second-order valence-electron chi connectivity index (χ2n) is 7.86. The van der Waals surface area contributed by atoms with E-state index < -0.39 is 0 Å². The van der Waals surface area contributed by atoms with E-state index >= 15 is 0 Å². The molecule has 0 saturated carbocycles. The molecule has 9 nitrogen and oxygen atoms in total. The maximum atomic E-state index is 13.3. The number of aromatic nitrogens is 1. The van der Waals surface area contributed by atoms with Gasteiger partial charge in [0, 0.05) is 24.7 Å². The van der Waals surface area contributed by atoms with Gasteiger partial charge in [0.15, 0.2) is 0 Å². The van der Waals surface area contributed by atoms with Crippen molar-refractivity contribution in [1.29, 1.82) is 0 Å². The standard InChI is InChI=1S/C22H26N4O5S/c1-3-23-20(27)9-14-5-6-17-19(31-14)10-30-18-7-4-13(8-15(18)22(29)26(17)2)25-21(28)16-11-32-12-24-16/h4,7-8,11-12,14,17,19H,3,5-6,9-10H2,1-2H3,(H,23,27)(H,25,28)/t14-,17-,19-/m1/s1. The second-order valence-corrected chi connectivity index (χ2v) is 8.58. The van der Waals surface area contributed by atoms with Crippen molar-refractivity contribution in [3.05, 3.63) is 40.3 Å². The van der Waals surface area contributed by atoms with Crippen LogP contribution < -0.4 is 15.4 Å². The molecule has 3 amide bonds. The van der Waals surface area contributed by atoms with Crippen LogP contribution in [0.15, 0.2) is 29.1 Å². The highest BCUT2D eigenvalue weighted by Crippen LogP contribution is 2.32. The van der Waals surface area contributed by atoms with Crippen LogP contribution in [0.3, 0.4) is 0 Å². The smallest absolute Gasteiger partial charge is 0.275 e. The van der Waals surface area contributed by atoms with Crippen molar-refractivity contribution in [2.24, 2.45) is 0 Å². The Morgan fingerprint density at radius 3 is 2.91 bits per heavy atom. The van der Waals surface area contributed by atoms with Gasteiger partial charge in [0.05, 0.1) is 29.6 Å². The summed E-state index contributed by atoms with van der Waals surface area (Å²) in [5, 5.41) is 7.23. The summed E-state index contributed by atoms with van der Waals surface area (Å²) in [5.74, 6) is -0.144. The van der Waals surface area contributed by atoms with Gasteiger partial charge in [-0.25, -0.2) is 4.98 Å². The molecule has 170 valence electrons. The number of carbonyl (C=O) groups is 3. The molecule has 2 aromatic rings. The first-order valence-electron chi connectivity index (χ1n) is 10.6. The monoisotopic (exact) mass is 458 g/mol. The SMILES string of the molecule is CCNC(=O)C[C@H]1CC[C@@H]2[C@@H](COc3ccc(NC(=O)c4cscn4)cc3C(=O)N2C)O1. The lowest BCUT2D eigenvalue weighted by Crippen LogP contribution is -2.54. The van der Waals surface area contributed by atoms with Gasteiger partial charge >= 0.3 is 0 Å². The molecule has 3 heterocycles. The number of nitrogens with zero attached hydrogens (tertiary/aromatic N) is 2. The average molecular weight is 459 g/mol. The number of ether oxygens (including phenoxy) is 2. The van der Waals surface area contributed by atoms with Crippen LogP contribution in [0.5, 0.6) is 5.75 Å². The molecule has 0 unspecified atom stereocenters. The maximum Gasteiger partial charge on any atom is 0.275 e. The lowest BCUT2D eigenvalue weighted by molar-refractivity contribution is -0.133. The van der Waals surface area contributed by atoms with Crippen molar-refractivity contribution >= 4 is 34.7 Å². The molecule has 0 aliphatic carbocycles. The van der Waals surface area contributed by atoms with E-state index in [1.165, 1.54) is 11.3 Å². The van der Waals surface area contributed by atoms with Crippen molar-refractivity contribution in [2.75, 3.05) is 25.5 Å². The second kappa shape index (κ2) is 9.66. The van der Waals surface area contributed by atoms with Crippen molar-refractivity contribution < 1.29 is 23.9 Å². The van der Waals surface area contributed by atoms with E-state index in [0.29, 0.717) is 42.1 Å². The fraction of sp³-hybridized carbons (Fsp3) is 0.455. The molecular weight excluding hydrogens is 432 g/mol. The number of amides is 3. The number of nitrogens with one attached hydrogen (secondary N) is 2. The minimum Gasteiger partial charge on any atom is -0.490 e. The highest BCUT2D eigenvalue weighted by Gasteiger charge is 2.39. The number of carbonyl (C=O) groups excluding carboxylic acids is 3. The Bertz CT molecular complexity index is 996. The van der Waals surface area contributed by atoms with Crippen molar-refractivity contribution in [1.82, 2.24) is 15.2 Å². The molecule has 32 heavy (non-hydrogen) atoms. The van der Waals surface area contributed by atoms with Crippen LogP contribution in [0.1, 0.15) is 47.0 Å². The van der Waals surface area contributed by atoms with Crippen molar-refractivity contribution in [2.45, 2.75) is 44.4 Å². The quantitative estimate of drug-likeness (QED) is 0.712. The first-order valence-corrected chi connectivity index (χ1v) is 11.6. The normalized spacial score (nSPS) is 22.6. The van der Waals surface area contributed by atoms with Gasteiger partial charge in [-0.1, -0.05) is 0 Å². The van der Waals surface area contributed by atoms with Crippen LogP contribution in [0.25, 0.3) is 0 Å². The average Bonchev–Trinajstić information content (AvgIpc) is 3.32. The third kappa shape index (κ3) is 4.76. The summed E-state index contributed by atoms with van der Waals surface area (Å²) in [5.41, 5.74) is 2.79. The van der Waals surface area contributed by atoms with Crippen LogP contribution in [-0.4, -0.2) is 66.1 Å². The molecule has 10 heteroatoms. The van der Waals surface area contributed by atoms with Crippen LogP contribution in [0.2, 0.25) is 0 Å². The Kier molecular flexibility index (Phi) is 6.71. The Morgan fingerprint density at radius 1 is 1.31 bits per heavy atom.